The summed E-state index contributed by atoms with van der Waals surface area (Å²) in [4.78, 5) is 26.7. The summed E-state index contributed by atoms with van der Waals surface area (Å²) in [6, 6.07) is 9.49. The van der Waals surface area contributed by atoms with Gasteiger partial charge in [0.1, 0.15) is 12.6 Å². The van der Waals surface area contributed by atoms with E-state index in [0.717, 1.165) is 31.2 Å². The second kappa shape index (κ2) is 8.88. The maximum Gasteiger partial charge on any atom is 0.410 e. The highest BCUT2D eigenvalue weighted by atomic mass is 16.6. The monoisotopic (exact) mass is 344 g/mol. The molecule has 0 aromatic heterocycles. The highest BCUT2D eigenvalue weighted by Gasteiger charge is 2.35. The lowest BCUT2D eigenvalue weighted by Gasteiger charge is -2.25. The maximum atomic E-state index is 12.7. The lowest BCUT2D eigenvalue weighted by atomic mass is 10.1. The number of carbonyl (C=O) groups is 2. The molecule has 1 aromatic rings. The van der Waals surface area contributed by atoms with Crippen LogP contribution in [-0.4, -0.2) is 35.5 Å². The van der Waals surface area contributed by atoms with Crippen LogP contribution in [0.2, 0.25) is 0 Å². The van der Waals surface area contributed by atoms with Gasteiger partial charge in [-0.25, -0.2) is 4.79 Å². The Morgan fingerprint density at radius 2 is 1.72 bits per heavy atom. The van der Waals surface area contributed by atoms with E-state index in [1.54, 1.807) is 4.90 Å². The average molecular weight is 344 g/mol. The Labute approximate surface area is 149 Å². The van der Waals surface area contributed by atoms with E-state index >= 15 is 0 Å². The molecule has 0 bridgehead atoms. The Morgan fingerprint density at radius 3 is 2.44 bits per heavy atom. The molecular weight excluding hydrogens is 316 g/mol. The van der Waals surface area contributed by atoms with E-state index in [9.17, 15) is 9.59 Å². The Kier molecular flexibility index (Phi) is 6.31. The number of amides is 2. The summed E-state index contributed by atoms with van der Waals surface area (Å²) >= 11 is 0. The molecule has 1 aromatic carbocycles. The van der Waals surface area contributed by atoms with E-state index in [-0.39, 0.29) is 30.7 Å². The largest absolute Gasteiger partial charge is 0.445 e. The number of hydrogen-bond donors (Lipinski definition) is 1. The van der Waals surface area contributed by atoms with Crippen molar-refractivity contribution in [2.24, 2.45) is 0 Å². The molecule has 1 saturated carbocycles. The van der Waals surface area contributed by atoms with E-state index in [2.05, 4.69) is 5.32 Å². The first-order valence-electron chi connectivity index (χ1n) is 9.52. The summed E-state index contributed by atoms with van der Waals surface area (Å²) in [5.41, 5.74) is 0.953. The van der Waals surface area contributed by atoms with Gasteiger partial charge in [0.15, 0.2) is 0 Å². The van der Waals surface area contributed by atoms with Crippen LogP contribution in [0.5, 0.6) is 0 Å². The van der Waals surface area contributed by atoms with Gasteiger partial charge in [-0.3, -0.25) is 9.69 Å². The van der Waals surface area contributed by atoms with Crippen LogP contribution in [0.25, 0.3) is 0 Å². The lowest BCUT2D eigenvalue weighted by Crippen LogP contribution is -2.48. The van der Waals surface area contributed by atoms with Crippen LogP contribution >= 0.6 is 0 Å². The van der Waals surface area contributed by atoms with Crippen molar-refractivity contribution in [1.82, 2.24) is 10.2 Å². The molecule has 0 radical (unpaired) electrons. The summed E-state index contributed by atoms with van der Waals surface area (Å²) in [6.45, 7) is 0.837. The highest BCUT2D eigenvalue weighted by molar-refractivity contribution is 5.86. The molecule has 1 N–H and O–H groups in total. The summed E-state index contributed by atoms with van der Waals surface area (Å²) < 4.78 is 5.41. The third kappa shape index (κ3) is 4.97. The van der Waals surface area contributed by atoms with Crippen molar-refractivity contribution in [3.8, 4) is 0 Å². The quantitative estimate of drug-likeness (QED) is 0.849. The first-order chi connectivity index (χ1) is 12.2. The molecule has 136 valence electrons. The Balaban J connectivity index is 1.52. The molecular formula is C20H28N2O3. The fourth-order valence-electron chi connectivity index (χ4n) is 3.78. The van der Waals surface area contributed by atoms with Gasteiger partial charge in [-0.15, -0.1) is 0 Å². The first kappa shape index (κ1) is 17.8. The Bertz CT molecular complexity index is 568. The van der Waals surface area contributed by atoms with Crippen molar-refractivity contribution in [2.75, 3.05) is 6.54 Å². The molecule has 1 saturated heterocycles. The van der Waals surface area contributed by atoms with Crippen LogP contribution < -0.4 is 5.32 Å². The zero-order chi connectivity index (χ0) is 17.5. The van der Waals surface area contributed by atoms with Gasteiger partial charge in [-0.1, -0.05) is 56.0 Å². The van der Waals surface area contributed by atoms with E-state index in [0.29, 0.717) is 6.54 Å². The minimum atomic E-state index is -0.387. The van der Waals surface area contributed by atoms with Crippen molar-refractivity contribution >= 4 is 12.0 Å². The second-order valence-electron chi connectivity index (χ2n) is 7.09. The van der Waals surface area contributed by atoms with Crippen LogP contribution in [0.15, 0.2) is 30.3 Å². The molecule has 5 nitrogen and oxygen atoms in total. The van der Waals surface area contributed by atoms with Crippen LogP contribution in [0.1, 0.15) is 56.9 Å². The zero-order valence-electron chi connectivity index (χ0n) is 14.8. The van der Waals surface area contributed by atoms with Crippen molar-refractivity contribution < 1.29 is 14.3 Å². The molecule has 0 spiro atoms. The highest BCUT2D eigenvalue weighted by Crippen LogP contribution is 2.21. The molecule has 25 heavy (non-hydrogen) atoms. The van der Waals surface area contributed by atoms with Gasteiger partial charge < -0.3 is 10.1 Å². The fraction of sp³-hybridized carbons (Fsp3) is 0.600. The summed E-state index contributed by atoms with van der Waals surface area (Å²) in [6.07, 6.45) is 8.16. The van der Waals surface area contributed by atoms with Crippen LogP contribution in [-0.2, 0) is 16.1 Å². The SMILES string of the molecule is O=C(NC1CCCCCC1)[C@@H]1CCCN1C(=O)OCc1ccccc1. The smallest absolute Gasteiger partial charge is 0.410 e. The Hall–Kier alpha value is -2.04. The standard InChI is InChI=1S/C20H28N2O3/c23-19(21-17-11-6-1-2-7-12-17)18-13-8-14-22(18)20(24)25-15-16-9-4-3-5-10-16/h3-5,9-10,17-18H,1-2,6-8,11-15H2,(H,21,23)/t18-/m0/s1. The van der Waals surface area contributed by atoms with Gasteiger partial charge in [0, 0.05) is 12.6 Å². The number of carbonyl (C=O) groups excluding carboxylic acids is 2. The van der Waals surface area contributed by atoms with Gasteiger partial charge in [0.05, 0.1) is 0 Å². The number of nitrogens with one attached hydrogen (secondary N) is 1. The van der Waals surface area contributed by atoms with Crippen LogP contribution in [0.3, 0.4) is 0 Å². The molecule has 1 heterocycles. The van der Waals surface area contributed by atoms with Gasteiger partial charge in [-0.2, -0.15) is 0 Å². The minimum Gasteiger partial charge on any atom is -0.445 e. The summed E-state index contributed by atoms with van der Waals surface area (Å²) in [5.74, 6) is -0.0129. The third-order valence-electron chi connectivity index (χ3n) is 5.20. The molecule has 1 aliphatic heterocycles. The molecule has 5 heteroatoms. The van der Waals surface area contributed by atoms with Crippen molar-refractivity contribution in [1.29, 1.82) is 0 Å². The fourth-order valence-corrected chi connectivity index (χ4v) is 3.78. The van der Waals surface area contributed by atoms with Crippen molar-refractivity contribution in [2.45, 2.75) is 70.1 Å². The number of rotatable bonds is 4. The average Bonchev–Trinajstić information content (AvgIpc) is 3.00. The van der Waals surface area contributed by atoms with Crippen LogP contribution in [0, 0.1) is 0 Å². The first-order valence-corrected chi connectivity index (χ1v) is 9.52. The number of likely N-dealkylation sites (tertiary alicyclic amines) is 1. The van der Waals surface area contributed by atoms with Gasteiger partial charge in [0.25, 0.3) is 0 Å². The lowest BCUT2D eigenvalue weighted by molar-refractivity contribution is -0.126. The molecule has 2 aliphatic rings. The molecule has 1 aliphatic carbocycles. The normalized spacial score (nSPS) is 21.6. The topological polar surface area (TPSA) is 58.6 Å². The van der Waals surface area contributed by atoms with Gasteiger partial charge in [0.2, 0.25) is 5.91 Å². The number of nitrogens with zero attached hydrogens (tertiary/aromatic N) is 1. The van der Waals surface area contributed by atoms with E-state index in [1.165, 1.54) is 25.7 Å². The number of ether oxygens (including phenoxy) is 1. The predicted octanol–water partition coefficient (Wildman–Crippen LogP) is 3.63. The second-order valence-corrected chi connectivity index (χ2v) is 7.09. The van der Waals surface area contributed by atoms with E-state index in [1.807, 2.05) is 30.3 Å². The molecule has 2 amide bonds. The summed E-state index contributed by atoms with van der Waals surface area (Å²) in [5, 5.41) is 3.17. The number of benzene rings is 1. The van der Waals surface area contributed by atoms with E-state index < -0.39 is 0 Å². The van der Waals surface area contributed by atoms with Crippen LogP contribution in [0.4, 0.5) is 4.79 Å². The van der Waals surface area contributed by atoms with Crippen molar-refractivity contribution in [3.63, 3.8) is 0 Å². The molecule has 2 fully saturated rings. The Morgan fingerprint density at radius 1 is 1.00 bits per heavy atom. The molecule has 0 unspecified atom stereocenters. The zero-order valence-corrected chi connectivity index (χ0v) is 14.8. The van der Waals surface area contributed by atoms with Gasteiger partial charge >= 0.3 is 6.09 Å². The maximum absolute atomic E-state index is 12.7. The third-order valence-corrected chi connectivity index (χ3v) is 5.20. The molecule has 1 atom stereocenters. The van der Waals surface area contributed by atoms with Crippen molar-refractivity contribution in [3.05, 3.63) is 35.9 Å². The van der Waals surface area contributed by atoms with Gasteiger partial charge in [-0.05, 0) is 31.2 Å². The van der Waals surface area contributed by atoms with E-state index in [4.69, 9.17) is 4.74 Å². The summed E-state index contributed by atoms with van der Waals surface area (Å²) in [7, 11) is 0. The predicted molar refractivity (Wildman–Crippen MR) is 96.0 cm³/mol. The minimum absolute atomic E-state index is 0.0129. The number of hydrogen-bond acceptors (Lipinski definition) is 3. The molecule has 3 rings (SSSR count).